The Morgan fingerprint density at radius 1 is 1.38 bits per heavy atom. The minimum Gasteiger partial charge on any atom is -0.325 e. The molecular formula is C10H18N4O2. The first-order valence-electron chi connectivity index (χ1n) is 5.05. The first-order chi connectivity index (χ1) is 7.14. The predicted molar refractivity (Wildman–Crippen MR) is 59.7 cm³/mol. The van der Waals surface area contributed by atoms with Gasteiger partial charge in [0.25, 0.3) is 0 Å². The molecular weight excluding hydrogens is 208 g/mol. The molecule has 0 saturated carbocycles. The molecule has 90 valence electrons. The molecule has 1 aromatic heterocycles. The fraction of sp³-hybridized carbons (Fsp3) is 0.700. The summed E-state index contributed by atoms with van der Waals surface area (Å²) in [6.45, 7) is 8.81. The molecule has 3 N–H and O–H groups in total. The van der Waals surface area contributed by atoms with Gasteiger partial charge in [-0.05, 0) is 34.6 Å². The highest BCUT2D eigenvalue weighted by atomic mass is 16.5. The van der Waals surface area contributed by atoms with Crippen molar-refractivity contribution in [3.63, 3.8) is 0 Å². The third-order valence-corrected chi connectivity index (χ3v) is 2.93. The van der Waals surface area contributed by atoms with Crippen LogP contribution < -0.4 is 11.1 Å². The maximum atomic E-state index is 12.0. The van der Waals surface area contributed by atoms with Gasteiger partial charge in [0.15, 0.2) is 5.82 Å². The van der Waals surface area contributed by atoms with E-state index < -0.39 is 11.0 Å². The van der Waals surface area contributed by atoms with Crippen molar-refractivity contribution in [1.29, 1.82) is 0 Å². The highest BCUT2D eigenvalue weighted by molar-refractivity contribution is 5.94. The molecule has 1 aromatic rings. The number of rotatable bonds is 3. The summed E-state index contributed by atoms with van der Waals surface area (Å²) in [5, 5.41) is 6.13. The van der Waals surface area contributed by atoms with Crippen molar-refractivity contribution in [2.24, 2.45) is 11.1 Å². The molecule has 0 aliphatic rings. The molecule has 0 atom stereocenters. The van der Waals surface area contributed by atoms with E-state index >= 15 is 0 Å². The molecule has 0 aromatic carbocycles. The third-order valence-electron chi connectivity index (χ3n) is 2.93. The number of aryl methyl sites for hydroxylation is 1. The second kappa shape index (κ2) is 3.86. The fourth-order valence-corrected chi connectivity index (χ4v) is 0.894. The van der Waals surface area contributed by atoms with Gasteiger partial charge in [0.1, 0.15) is 0 Å². The van der Waals surface area contributed by atoms with E-state index in [1.807, 2.05) is 0 Å². The lowest BCUT2D eigenvalue weighted by atomic mass is 9.74. The number of anilines is 1. The van der Waals surface area contributed by atoms with E-state index in [-0.39, 0.29) is 11.9 Å². The summed E-state index contributed by atoms with van der Waals surface area (Å²) in [5.74, 6) is 0.226. The summed E-state index contributed by atoms with van der Waals surface area (Å²) in [4.78, 5) is 15.9. The molecule has 0 radical (unpaired) electrons. The number of nitrogens with one attached hydrogen (secondary N) is 1. The molecule has 6 nitrogen and oxygen atoms in total. The van der Waals surface area contributed by atoms with E-state index in [2.05, 4.69) is 15.5 Å². The highest BCUT2D eigenvalue weighted by Gasteiger charge is 2.40. The van der Waals surface area contributed by atoms with Crippen LogP contribution in [0.15, 0.2) is 4.52 Å². The smallest absolute Gasteiger partial charge is 0.325 e. The maximum absolute atomic E-state index is 12.0. The molecule has 16 heavy (non-hydrogen) atoms. The summed E-state index contributed by atoms with van der Waals surface area (Å²) in [6, 6.07) is 0.0971. The zero-order valence-corrected chi connectivity index (χ0v) is 10.3. The molecule has 0 unspecified atom stereocenters. The number of aromatic nitrogens is 2. The Labute approximate surface area is 94.6 Å². The summed E-state index contributed by atoms with van der Waals surface area (Å²) in [5.41, 5.74) is 4.56. The van der Waals surface area contributed by atoms with E-state index in [1.54, 1.807) is 34.6 Å². The average Bonchev–Trinajstić information content (AvgIpc) is 2.49. The fourth-order valence-electron chi connectivity index (χ4n) is 0.894. The van der Waals surface area contributed by atoms with E-state index in [9.17, 15) is 4.79 Å². The molecule has 1 amide bonds. The zero-order chi connectivity index (χ0) is 12.6. The van der Waals surface area contributed by atoms with Crippen LogP contribution in [-0.2, 0) is 4.79 Å². The summed E-state index contributed by atoms with van der Waals surface area (Å²) in [6.07, 6.45) is 0. The number of hydrogen-bond acceptors (Lipinski definition) is 5. The number of amides is 1. The van der Waals surface area contributed by atoms with Crippen molar-refractivity contribution in [2.75, 3.05) is 5.32 Å². The maximum Gasteiger partial charge on any atom is 0.328 e. The minimum absolute atomic E-state index is 0.0971. The Morgan fingerprint density at radius 3 is 2.31 bits per heavy atom. The topological polar surface area (TPSA) is 94.0 Å². The number of hydrogen-bond donors (Lipinski definition) is 2. The summed E-state index contributed by atoms with van der Waals surface area (Å²) < 4.78 is 4.81. The Bertz CT molecular complexity index is 390. The standard InChI is InChI=1S/C10H18N4O2/c1-6-12-8(16-14-6)13-7(15)9(2,3)10(4,5)11/h11H2,1-5H3,(H,12,13,14,15). The number of carbonyl (C=O) groups excluding carboxylic acids is 1. The van der Waals surface area contributed by atoms with Gasteiger partial charge >= 0.3 is 6.01 Å². The van der Waals surface area contributed by atoms with Gasteiger partial charge in [-0.2, -0.15) is 4.98 Å². The molecule has 0 bridgehead atoms. The average molecular weight is 226 g/mol. The Hall–Kier alpha value is -1.43. The minimum atomic E-state index is -0.741. The summed E-state index contributed by atoms with van der Waals surface area (Å²) >= 11 is 0. The van der Waals surface area contributed by atoms with Crippen LogP contribution in [-0.4, -0.2) is 21.6 Å². The van der Waals surface area contributed by atoms with Crippen molar-refractivity contribution >= 4 is 11.9 Å². The van der Waals surface area contributed by atoms with Crippen LogP contribution in [0.4, 0.5) is 6.01 Å². The Morgan fingerprint density at radius 2 is 1.94 bits per heavy atom. The van der Waals surface area contributed by atoms with Gasteiger partial charge in [0.2, 0.25) is 5.91 Å². The van der Waals surface area contributed by atoms with Gasteiger partial charge in [-0.1, -0.05) is 5.16 Å². The number of carbonyl (C=O) groups is 1. The molecule has 0 spiro atoms. The van der Waals surface area contributed by atoms with E-state index in [0.29, 0.717) is 5.82 Å². The summed E-state index contributed by atoms with van der Waals surface area (Å²) in [7, 11) is 0. The van der Waals surface area contributed by atoms with Crippen molar-refractivity contribution in [3.8, 4) is 0 Å². The lowest BCUT2D eigenvalue weighted by molar-refractivity contribution is -0.126. The number of nitrogens with two attached hydrogens (primary N) is 1. The molecule has 1 heterocycles. The van der Waals surface area contributed by atoms with E-state index in [4.69, 9.17) is 10.3 Å². The van der Waals surface area contributed by atoms with Crippen LogP contribution in [0.25, 0.3) is 0 Å². The van der Waals surface area contributed by atoms with Gasteiger partial charge < -0.3 is 10.3 Å². The molecule has 1 rings (SSSR count). The molecule has 0 aliphatic carbocycles. The van der Waals surface area contributed by atoms with Crippen molar-refractivity contribution < 1.29 is 9.32 Å². The van der Waals surface area contributed by atoms with Gasteiger partial charge in [0, 0.05) is 5.54 Å². The van der Waals surface area contributed by atoms with Crippen molar-refractivity contribution in [3.05, 3.63) is 5.82 Å². The highest BCUT2D eigenvalue weighted by Crippen LogP contribution is 2.29. The quantitative estimate of drug-likeness (QED) is 0.804. The molecule has 0 fully saturated rings. The van der Waals surface area contributed by atoms with Crippen molar-refractivity contribution in [2.45, 2.75) is 40.2 Å². The SMILES string of the molecule is Cc1noc(NC(=O)C(C)(C)C(C)(C)N)n1. The van der Waals surface area contributed by atoms with Gasteiger partial charge in [-0.25, -0.2) is 0 Å². The lowest BCUT2D eigenvalue weighted by Gasteiger charge is -2.36. The second-order valence-electron chi connectivity index (χ2n) is 4.95. The second-order valence-corrected chi connectivity index (χ2v) is 4.95. The van der Waals surface area contributed by atoms with Gasteiger partial charge in [0.05, 0.1) is 5.41 Å². The molecule has 0 saturated heterocycles. The van der Waals surface area contributed by atoms with Crippen LogP contribution >= 0.6 is 0 Å². The monoisotopic (exact) mass is 226 g/mol. The first kappa shape index (κ1) is 12.6. The van der Waals surface area contributed by atoms with Crippen molar-refractivity contribution in [1.82, 2.24) is 10.1 Å². The van der Waals surface area contributed by atoms with Crippen LogP contribution in [0.5, 0.6) is 0 Å². The van der Waals surface area contributed by atoms with E-state index in [1.165, 1.54) is 0 Å². The number of nitrogens with zero attached hydrogens (tertiary/aromatic N) is 2. The largest absolute Gasteiger partial charge is 0.328 e. The van der Waals surface area contributed by atoms with Crippen LogP contribution in [0.2, 0.25) is 0 Å². The van der Waals surface area contributed by atoms with Crippen LogP contribution in [0, 0.1) is 12.3 Å². The normalized spacial score (nSPS) is 12.6. The molecule has 6 heteroatoms. The first-order valence-corrected chi connectivity index (χ1v) is 5.05. The third kappa shape index (κ3) is 2.38. The van der Waals surface area contributed by atoms with Crippen LogP contribution in [0.3, 0.4) is 0 Å². The van der Waals surface area contributed by atoms with Gasteiger partial charge in [-0.15, -0.1) is 0 Å². The van der Waals surface area contributed by atoms with Gasteiger partial charge in [-0.3, -0.25) is 10.1 Å². The molecule has 0 aliphatic heterocycles. The van der Waals surface area contributed by atoms with E-state index in [0.717, 1.165) is 0 Å². The van der Waals surface area contributed by atoms with Crippen LogP contribution in [0.1, 0.15) is 33.5 Å². The Kier molecular flexibility index (Phi) is 3.05. The lowest BCUT2D eigenvalue weighted by Crippen LogP contribution is -2.53. The zero-order valence-electron chi connectivity index (χ0n) is 10.3. The predicted octanol–water partition coefficient (Wildman–Crippen LogP) is 1.08. The Balaban J connectivity index is 2.80.